The lowest BCUT2D eigenvalue weighted by molar-refractivity contribution is -0.116. The van der Waals surface area contributed by atoms with E-state index in [9.17, 15) is 13.2 Å². The molecule has 0 saturated carbocycles. The lowest BCUT2D eigenvalue weighted by Crippen LogP contribution is -2.27. The molecule has 0 spiro atoms. The van der Waals surface area contributed by atoms with Gasteiger partial charge in [0.05, 0.1) is 4.90 Å². The molecule has 0 aliphatic rings. The van der Waals surface area contributed by atoms with E-state index in [1.807, 2.05) is 6.92 Å². The van der Waals surface area contributed by atoms with Gasteiger partial charge in [-0.3, -0.25) is 4.79 Å². The highest BCUT2D eigenvalue weighted by Crippen LogP contribution is 2.19. The monoisotopic (exact) mass is 352 g/mol. The number of benzene rings is 2. The molecule has 0 aliphatic carbocycles. The van der Waals surface area contributed by atoms with Crippen molar-refractivity contribution in [2.75, 3.05) is 11.9 Å². The number of rotatable bonds is 6. The molecule has 0 fully saturated rings. The maximum atomic E-state index is 12.0. The van der Waals surface area contributed by atoms with Gasteiger partial charge < -0.3 is 5.32 Å². The Morgan fingerprint density at radius 3 is 2.48 bits per heavy atom. The van der Waals surface area contributed by atoms with E-state index in [2.05, 4.69) is 10.0 Å². The normalized spacial score (nSPS) is 11.2. The standard InChI is InChI=1S/C16H17ClN2O3S/c1-12-11-13(17)7-8-15(12)19-16(20)9-10-18-23(21,22)14-5-3-2-4-6-14/h2-8,11,18H,9-10H2,1H3,(H,19,20). The quantitative estimate of drug-likeness (QED) is 0.839. The van der Waals surface area contributed by atoms with Gasteiger partial charge in [-0.2, -0.15) is 0 Å². The van der Waals surface area contributed by atoms with Gasteiger partial charge in [0.2, 0.25) is 15.9 Å². The summed E-state index contributed by atoms with van der Waals surface area (Å²) in [5.41, 5.74) is 1.50. The number of carbonyl (C=O) groups excluding carboxylic acids is 1. The van der Waals surface area contributed by atoms with Crippen molar-refractivity contribution >= 4 is 33.2 Å². The lowest BCUT2D eigenvalue weighted by atomic mass is 10.2. The van der Waals surface area contributed by atoms with Crippen LogP contribution in [0.3, 0.4) is 0 Å². The van der Waals surface area contributed by atoms with Gasteiger partial charge in [-0.05, 0) is 42.8 Å². The topological polar surface area (TPSA) is 75.3 Å². The summed E-state index contributed by atoms with van der Waals surface area (Å²) in [5.74, 6) is -0.272. The van der Waals surface area contributed by atoms with Crippen molar-refractivity contribution < 1.29 is 13.2 Å². The van der Waals surface area contributed by atoms with Crippen LogP contribution >= 0.6 is 11.6 Å². The largest absolute Gasteiger partial charge is 0.326 e. The molecule has 5 nitrogen and oxygen atoms in total. The molecule has 2 aromatic rings. The minimum atomic E-state index is -3.59. The average Bonchev–Trinajstić information content (AvgIpc) is 2.51. The summed E-state index contributed by atoms with van der Waals surface area (Å²) < 4.78 is 26.4. The fourth-order valence-electron chi connectivity index (χ4n) is 1.96. The van der Waals surface area contributed by atoms with Gasteiger partial charge in [-0.1, -0.05) is 29.8 Å². The minimum absolute atomic E-state index is 0.0235. The van der Waals surface area contributed by atoms with Crippen LogP contribution in [-0.4, -0.2) is 20.9 Å². The second-order valence-electron chi connectivity index (χ2n) is 4.97. The van der Waals surface area contributed by atoms with Crippen LogP contribution in [0.2, 0.25) is 5.02 Å². The molecule has 2 N–H and O–H groups in total. The summed E-state index contributed by atoms with van der Waals surface area (Å²) in [6, 6.07) is 13.2. The molecule has 0 radical (unpaired) electrons. The van der Waals surface area contributed by atoms with E-state index >= 15 is 0 Å². The van der Waals surface area contributed by atoms with Crippen molar-refractivity contribution in [1.29, 1.82) is 0 Å². The van der Waals surface area contributed by atoms with Gasteiger partial charge in [-0.15, -0.1) is 0 Å². The molecule has 0 atom stereocenters. The molecule has 1 amide bonds. The van der Waals surface area contributed by atoms with Crippen LogP contribution in [0.25, 0.3) is 0 Å². The van der Waals surface area contributed by atoms with Gasteiger partial charge in [0.25, 0.3) is 0 Å². The molecule has 0 aromatic heterocycles. The number of anilines is 1. The molecule has 2 aromatic carbocycles. The van der Waals surface area contributed by atoms with Crippen molar-refractivity contribution in [2.24, 2.45) is 0 Å². The second kappa shape index (κ2) is 7.59. The first-order valence-electron chi connectivity index (χ1n) is 6.99. The molecule has 23 heavy (non-hydrogen) atoms. The Morgan fingerprint density at radius 2 is 1.83 bits per heavy atom. The Balaban J connectivity index is 1.88. The van der Waals surface area contributed by atoms with Crippen LogP contribution in [0.5, 0.6) is 0 Å². The van der Waals surface area contributed by atoms with Crippen molar-refractivity contribution in [3.63, 3.8) is 0 Å². The number of carbonyl (C=O) groups is 1. The third-order valence-electron chi connectivity index (χ3n) is 3.16. The minimum Gasteiger partial charge on any atom is -0.326 e. The summed E-state index contributed by atoms with van der Waals surface area (Å²) in [6.07, 6.45) is 0.0358. The summed E-state index contributed by atoms with van der Waals surface area (Å²) in [5, 5.41) is 3.32. The van der Waals surface area contributed by atoms with Gasteiger partial charge in [-0.25, -0.2) is 13.1 Å². The second-order valence-corrected chi connectivity index (χ2v) is 7.17. The van der Waals surface area contributed by atoms with Crippen molar-refractivity contribution in [3.05, 3.63) is 59.1 Å². The first-order valence-corrected chi connectivity index (χ1v) is 8.85. The summed E-state index contributed by atoms with van der Waals surface area (Å²) in [4.78, 5) is 12.1. The lowest BCUT2D eigenvalue weighted by Gasteiger charge is -2.09. The highest BCUT2D eigenvalue weighted by atomic mass is 35.5. The van der Waals surface area contributed by atoms with Crippen LogP contribution in [0, 0.1) is 6.92 Å². The maximum absolute atomic E-state index is 12.0. The number of amides is 1. The third-order valence-corrected chi connectivity index (χ3v) is 4.87. The Morgan fingerprint density at radius 1 is 1.13 bits per heavy atom. The number of hydrogen-bond donors (Lipinski definition) is 2. The number of sulfonamides is 1. The van der Waals surface area contributed by atoms with Gasteiger partial charge in [0, 0.05) is 23.7 Å². The van der Waals surface area contributed by atoms with Crippen molar-refractivity contribution in [3.8, 4) is 0 Å². The van der Waals surface area contributed by atoms with Crippen molar-refractivity contribution in [2.45, 2.75) is 18.2 Å². The first kappa shape index (κ1) is 17.5. The van der Waals surface area contributed by atoms with E-state index in [0.29, 0.717) is 10.7 Å². The zero-order valence-electron chi connectivity index (χ0n) is 12.5. The Hall–Kier alpha value is -1.89. The van der Waals surface area contributed by atoms with Gasteiger partial charge in [0.15, 0.2) is 0 Å². The number of halogens is 1. The molecule has 0 bridgehead atoms. The zero-order chi connectivity index (χ0) is 16.9. The van der Waals surface area contributed by atoms with E-state index in [1.54, 1.807) is 36.4 Å². The van der Waals surface area contributed by atoms with E-state index in [1.165, 1.54) is 12.1 Å². The Kier molecular flexibility index (Phi) is 5.76. The van der Waals surface area contributed by atoms with Gasteiger partial charge >= 0.3 is 0 Å². The zero-order valence-corrected chi connectivity index (χ0v) is 14.1. The number of hydrogen-bond acceptors (Lipinski definition) is 3. The van der Waals surface area contributed by atoms with Crippen LogP contribution in [0.1, 0.15) is 12.0 Å². The predicted molar refractivity (Wildman–Crippen MR) is 91.1 cm³/mol. The van der Waals surface area contributed by atoms with Crippen LogP contribution in [-0.2, 0) is 14.8 Å². The first-order chi connectivity index (χ1) is 10.9. The molecule has 7 heteroatoms. The van der Waals surface area contributed by atoms with Gasteiger partial charge in [0.1, 0.15) is 0 Å². The van der Waals surface area contributed by atoms with E-state index in [-0.39, 0.29) is 23.8 Å². The predicted octanol–water partition coefficient (Wildman–Crippen LogP) is 2.96. The summed E-state index contributed by atoms with van der Waals surface area (Å²) >= 11 is 5.86. The number of nitrogens with one attached hydrogen (secondary N) is 2. The van der Waals surface area contributed by atoms with E-state index < -0.39 is 10.0 Å². The molecular formula is C16H17ClN2O3S. The Bertz CT molecular complexity index is 792. The smallest absolute Gasteiger partial charge is 0.240 e. The SMILES string of the molecule is Cc1cc(Cl)ccc1NC(=O)CCNS(=O)(=O)c1ccccc1. The van der Waals surface area contributed by atoms with E-state index in [0.717, 1.165) is 5.56 Å². The molecular weight excluding hydrogens is 336 g/mol. The van der Waals surface area contributed by atoms with E-state index in [4.69, 9.17) is 11.6 Å². The molecule has 0 heterocycles. The summed E-state index contributed by atoms with van der Waals surface area (Å²) in [6.45, 7) is 1.86. The molecule has 0 unspecified atom stereocenters. The Labute approximate surface area is 140 Å². The highest BCUT2D eigenvalue weighted by molar-refractivity contribution is 7.89. The fourth-order valence-corrected chi connectivity index (χ4v) is 3.24. The van der Waals surface area contributed by atoms with Crippen LogP contribution in [0.15, 0.2) is 53.4 Å². The number of aryl methyl sites for hydroxylation is 1. The average molecular weight is 353 g/mol. The fraction of sp³-hybridized carbons (Fsp3) is 0.188. The maximum Gasteiger partial charge on any atom is 0.240 e. The molecule has 0 saturated heterocycles. The molecule has 122 valence electrons. The van der Waals surface area contributed by atoms with Crippen LogP contribution in [0.4, 0.5) is 5.69 Å². The van der Waals surface area contributed by atoms with Crippen molar-refractivity contribution in [1.82, 2.24) is 4.72 Å². The molecule has 0 aliphatic heterocycles. The highest BCUT2D eigenvalue weighted by Gasteiger charge is 2.13. The summed E-state index contributed by atoms with van der Waals surface area (Å²) in [7, 11) is -3.59. The molecule has 2 rings (SSSR count). The van der Waals surface area contributed by atoms with Crippen LogP contribution < -0.4 is 10.0 Å². The third kappa shape index (κ3) is 5.06.